The van der Waals surface area contributed by atoms with Crippen LogP contribution in [0.2, 0.25) is 0 Å². The molecule has 0 aliphatic carbocycles. The number of carbonyl (C=O) groups is 1. The molecule has 20 heavy (non-hydrogen) atoms. The Hall–Kier alpha value is -1.40. The fraction of sp³-hybridized carbons (Fsp3) is 0.500. The van der Waals surface area contributed by atoms with Gasteiger partial charge in [0.15, 0.2) is 0 Å². The summed E-state index contributed by atoms with van der Waals surface area (Å²) in [5.74, 6) is -0.316. The number of rotatable bonds is 6. The van der Waals surface area contributed by atoms with E-state index in [9.17, 15) is 13.2 Å². The molecule has 1 rings (SSSR count). The third-order valence-electron chi connectivity index (χ3n) is 3.10. The third-order valence-corrected chi connectivity index (χ3v) is 4.54. The van der Waals surface area contributed by atoms with Crippen LogP contribution < -0.4 is 4.72 Å². The summed E-state index contributed by atoms with van der Waals surface area (Å²) in [4.78, 5) is 11.3. The molecule has 0 fully saturated rings. The summed E-state index contributed by atoms with van der Waals surface area (Å²) < 4.78 is 31.2. The Morgan fingerprint density at radius 2 is 1.75 bits per heavy atom. The van der Waals surface area contributed by atoms with Crippen molar-refractivity contribution >= 4 is 16.0 Å². The van der Waals surface area contributed by atoms with E-state index in [2.05, 4.69) is 9.46 Å². The van der Waals surface area contributed by atoms with Crippen LogP contribution in [0.3, 0.4) is 0 Å². The van der Waals surface area contributed by atoms with Gasteiger partial charge in [-0.15, -0.1) is 0 Å². The van der Waals surface area contributed by atoms with E-state index in [0.29, 0.717) is 11.1 Å². The molecule has 1 aromatic rings. The van der Waals surface area contributed by atoms with E-state index >= 15 is 0 Å². The molecular weight excluding hydrogens is 278 g/mol. The lowest BCUT2D eigenvalue weighted by Crippen LogP contribution is -2.36. The smallest absolute Gasteiger partial charge is 0.337 e. The molecule has 0 spiro atoms. The number of hydrogen-bond donors (Lipinski definition) is 1. The Kier molecular flexibility index (Phi) is 5.71. The molecule has 0 aromatic heterocycles. The average molecular weight is 299 g/mol. The summed E-state index contributed by atoms with van der Waals surface area (Å²) in [6, 6.07) is 6.23. The summed E-state index contributed by atoms with van der Waals surface area (Å²) in [5, 5.41) is 0. The van der Waals surface area contributed by atoms with E-state index in [0.717, 1.165) is 0 Å². The fourth-order valence-corrected chi connectivity index (χ4v) is 3.09. The predicted molar refractivity (Wildman–Crippen MR) is 77.8 cm³/mol. The van der Waals surface area contributed by atoms with Gasteiger partial charge in [0.25, 0.3) is 0 Å². The van der Waals surface area contributed by atoms with Gasteiger partial charge < -0.3 is 4.74 Å². The molecule has 1 N–H and O–H groups in total. The number of esters is 1. The molecule has 112 valence electrons. The van der Waals surface area contributed by atoms with Gasteiger partial charge in [0.05, 0.1) is 18.4 Å². The summed E-state index contributed by atoms with van der Waals surface area (Å²) in [7, 11) is -2.08. The Labute approximate surface area is 120 Å². The number of sulfonamides is 1. The van der Waals surface area contributed by atoms with E-state index in [1.165, 1.54) is 7.11 Å². The van der Waals surface area contributed by atoms with E-state index < -0.39 is 16.0 Å². The van der Waals surface area contributed by atoms with Gasteiger partial charge in [-0.05, 0) is 30.5 Å². The van der Waals surface area contributed by atoms with Crippen molar-refractivity contribution in [2.75, 3.05) is 7.11 Å². The molecule has 0 aliphatic heterocycles. The minimum atomic E-state index is -3.38. The molecule has 0 radical (unpaired) electrons. The summed E-state index contributed by atoms with van der Waals surface area (Å²) in [6.45, 7) is 5.75. The first-order chi connectivity index (χ1) is 9.25. The Bertz CT molecular complexity index is 549. The second-order valence-corrected chi connectivity index (χ2v) is 6.85. The van der Waals surface area contributed by atoms with Crippen molar-refractivity contribution in [2.24, 2.45) is 5.92 Å². The lowest BCUT2D eigenvalue weighted by molar-refractivity contribution is 0.0600. The maximum atomic E-state index is 12.0. The van der Waals surface area contributed by atoms with Crippen LogP contribution in [-0.2, 0) is 20.5 Å². The first-order valence-electron chi connectivity index (χ1n) is 6.42. The fourth-order valence-electron chi connectivity index (χ4n) is 1.54. The lowest BCUT2D eigenvalue weighted by Gasteiger charge is -2.17. The quantitative estimate of drug-likeness (QED) is 0.815. The molecule has 1 atom stereocenters. The highest BCUT2D eigenvalue weighted by molar-refractivity contribution is 7.88. The van der Waals surface area contributed by atoms with E-state index in [-0.39, 0.29) is 17.7 Å². The highest BCUT2D eigenvalue weighted by Crippen LogP contribution is 2.10. The van der Waals surface area contributed by atoms with Crippen LogP contribution in [0.25, 0.3) is 0 Å². The normalized spacial score (nSPS) is 13.2. The topological polar surface area (TPSA) is 72.5 Å². The van der Waals surface area contributed by atoms with Crippen molar-refractivity contribution in [1.82, 2.24) is 4.72 Å². The largest absolute Gasteiger partial charge is 0.465 e. The molecule has 5 nitrogen and oxygen atoms in total. The van der Waals surface area contributed by atoms with Crippen LogP contribution >= 0.6 is 0 Å². The van der Waals surface area contributed by atoms with Gasteiger partial charge in [-0.3, -0.25) is 0 Å². The number of ether oxygens (including phenoxy) is 1. The van der Waals surface area contributed by atoms with Crippen molar-refractivity contribution in [3.8, 4) is 0 Å². The molecule has 0 saturated heterocycles. The van der Waals surface area contributed by atoms with Crippen molar-refractivity contribution in [3.63, 3.8) is 0 Å². The Morgan fingerprint density at radius 1 is 1.20 bits per heavy atom. The molecule has 0 aliphatic rings. The second-order valence-electron chi connectivity index (χ2n) is 5.10. The van der Waals surface area contributed by atoms with Gasteiger partial charge in [-0.1, -0.05) is 26.0 Å². The molecule has 0 amide bonds. The molecule has 6 heteroatoms. The molecule has 1 aromatic carbocycles. The zero-order valence-electron chi connectivity index (χ0n) is 12.2. The highest BCUT2D eigenvalue weighted by Gasteiger charge is 2.17. The van der Waals surface area contributed by atoms with Crippen LogP contribution in [0, 0.1) is 5.92 Å². The van der Waals surface area contributed by atoms with Crippen molar-refractivity contribution < 1.29 is 17.9 Å². The van der Waals surface area contributed by atoms with Gasteiger partial charge in [0.2, 0.25) is 10.0 Å². The van der Waals surface area contributed by atoms with Crippen LogP contribution in [0.15, 0.2) is 24.3 Å². The first kappa shape index (κ1) is 16.7. The number of hydrogen-bond acceptors (Lipinski definition) is 4. The molecule has 0 heterocycles. The zero-order valence-corrected chi connectivity index (χ0v) is 13.0. The predicted octanol–water partition coefficient (Wildman–Crippen LogP) is 1.94. The SMILES string of the molecule is COC(=O)c1ccc(CS(=O)(=O)N[C@@H](C)C(C)C)cc1. The number of carbonyl (C=O) groups excluding carboxylic acids is 1. The summed E-state index contributed by atoms with van der Waals surface area (Å²) in [6.07, 6.45) is 0. The minimum absolute atomic E-state index is 0.106. The first-order valence-corrected chi connectivity index (χ1v) is 8.07. The minimum Gasteiger partial charge on any atom is -0.465 e. The molecular formula is C14H21NO4S. The van der Waals surface area contributed by atoms with Crippen molar-refractivity contribution in [3.05, 3.63) is 35.4 Å². The molecule has 0 saturated carbocycles. The van der Waals surface area contributed by atoms with Gasteiger partial charge in [-0.25, -0.2) is 17.9 Å². The van der Waals surface area contributed by atoms with Gasteiger partial charge in [0.1, 0.15) is 0 Å². The zero-order chi connectivity index (χ0) is 15.3. The highest BCUT2D eigenvalue weighted by atomic mass is 32.2. The Morgan fingerprint density at radius 3 is 2.20 bits per heavy atom. The monoisotopic (exact) mass is 299 g/mol. The number of nitrogens with one attached hydrogen (secondary N) is 1. The average Bonchev–Trinajstić information content (AvgIpc) is 2.37. The van der Waals surface area contributed by atoms with Gasteiger partial charge in [0, 0.05) is 6.04 Å². The van der Waals surface area contributed by atoms with Crippen molar-refractivity contribution in [2.45, 2.75) is 32.6 Å². The summed E-state index contributed by atoms with van der Waals surface area (Å²) >= 11 is 0. The van der Waals surface area contributed by atoms with E-state index in [1.807, 2.05) is 20.8 Å². The standard InChI is InChI=1S/C14H21NO4S/c1-10(2)11(3)15-20(17,18)9-12-5-7-13(8-6-12)14(16)19-4/h5-8,10-11,15H,9H2,1-4H3/t11-/m0/s1. The van der Waals surface area contributed by atoms with E-state index in [4.69, 9.17) is 0 Å². The molecule has 0 bridgehead atoms. The van der Waals surface area contributed by atoms with Gasteiger partial charge >= 0.3 is 5.97 Å². The number of methoxy groups -OCH3 is 1. The van der Waals surface area contributed by atoms with Crippen LogP contribution in [0.5, 0.6) is 0 Å². The lowest BCUT2D eigenvalue weighted by atomic mass is 10.1. The second kappa shape index (κ2) is 6.85. The van der Waals surface area contributed by atoms with Crippen LogP contribution in [0.1, 0.15) is 36.7 Å². The van der Waals surface area contributed by atoms with Crippen LogP contribution in [0.4, 0.5) is 0 Å². The maximum Gasteiger partial charge on any atom is 0.337 e. The van der Waals surface area contributed by atoms with Crippen molar-refractivity contribution in [1.29, 1.82) is 0 Å². The third kappa shape index (κ3) is 4.94. The van der Waals surface area contributed by atoms with Crippen LogP contribution in [-0.4, -0.2) is 27.5 Å². The Balaban J connectivity index is 2.75. The van der Waals surface area contributed by atoms with E-state index in [1.54, 1.807) is 24.3 Å². The summed E-state index contributed by atoms with van der Waals surface area (Å²) in [5.41, 5.74) is 1.03. The molecule has 0 unspecified atom stereocenters. The maximum absolute atomic E-state index is 12.0. The van der Waals surface area contributed by atoms with Gasteiger partial charge in [-0.2, -0.15) is 0 Å². The number of benzene rings is 1.